The second-order valence-electron chi connectivity index (χ2n) is 6.67. The Morgan fingerprint density at radius 3 is 2.48 bits per heavy atom. The molecule has 4 atom stereocenters. The van der Waals surface area contributed by atoms with Gasteiger partial charge in [0, 0.05) is 12.8 Å². The zero-order chi connectivity index (χ0) is 16.8. The minimum Gasteiger partial charge on any atom is -0.393 e. The molecule has 3 rings (SSSR count). The van der Waals surface area contributed by atoms with Crippen LogP contribution in [0.25, 0.3) is 0 Å². The second-order valence-corrected chi connectivity index (χ2v) is 8.24. The highest BCUT2D eigenvalue weighted by Gasteiger charge is 2.50. The number of hydrogen-bond acceptors (Lipinski definition) is 6. The van der Waals surface area contributed by atoms with E-state index < -0.39 is 34.2 Å². The van der Waals surface area contributed by atoms with Crippen LogP contribution in [0.3, 0.4) is 0 Å². The summed E-state index contributed by atoms with van der Waals surface area (Å²) in [5.74, 6) is -0.811. The van der Waals surface area contributed by atoms with E-state index >= 15 is 0 Å². The molecule has 1 heterocycles. The van der Waals surface area contributed by atoms with Crippen LogP contribution in [0.4, 0.5) is 0 Å². The van der Waals surface area contributed by atoms with Crippen molar-refractivity contribution in [2.24, 2.45) is 0 Å². The Labute approximate surface area is 136 Å². The number of fused-ring (bicyclic) bond motifs is 1. The molecule has 128 valence electrons. The summed E-state index contributed by atoms with van der Waals surface area (Å²) in [6, 6.07) is 6.45. The van der Waals surface area contributed by atoms with E-state index in [4.69, 9.17) is 13.7 Å². The third-order valence-corrected chi connectivity index (χ3v) is 5.51. The van der Waals surface area contributed by atoms with E-state index in [1.165, 1.54) is 12.1 Å². The van der Waals surface area contributed by atoms with Crippen LogP contribution in [-0.2, 0) is 23.8 Å². The Morgan fingerprint density at radius 1 is 1.17 bits per heavy atom. The van der Waals surface area contributed by atoms with Gasteiger partial charge >= 0.3 is 0 Å². The van der Waals surface area contributed by atoms with Gasteiger partial charge in [-0.1, -0.05) is 17.7 Å². The van der Waals surface area contributed by atoms with Crippen molar-refractivity contribution >= 4 is 10.1 Å². The molecule has 1 N–H and O–H groups in total. The van der Waals surface area contributed by atoms with Crippen molar-refractivity contribution in [1.29, 1.82) is 0 Å². The van der Waals surface area contributed by atoms with Crippen molar-refractivity contribution in [3.8, 4) is 0 Å². The highest BCUT2D eigenvalue weighted by Crippen LogP contribution is 2.39. The molecule has 0 amide bonds. The number of hydrogen-bond donors (Lipinski definition) is 1. The van der Waals surface area contributed by atoms with Crippen molar-refractivity contribution in [1.82, 2.24) is 0 Å². The number of aryl methyl sites for hydroxylation is 1. The van der Waals surface area contributed by atoms with Gasteiger partial charge in [-0.05, 0) is 32.9 Å². The lowest BCUT2D eigenvalue weighted by Crippen LogP contribution is -2.46. The summed E-state index contributed by atoms with van der Waals surface area (Å²) in [4.78, 5) is 0.0953. The molecule has 23 heavy (non-hydrogen) atoms. The summed E-state index contributed by atoms with van der Waals surface area (Å²) < 4.78 is 41.8. The van der Waals surface area contributed by atoms with Crippen molar-refractivity contribution in [2.75, 3.05) is 0 Å². The molecule has 1 aliphatic heterocycles. The first-order chi connectivity index (χ1) is 10.7. The lowest BCUT2D eigenvalue weighted by atomic mass is 9.90. The first kappa shape index (κ1) is 16.9. The molecule has 1 aromatic rings. The smallest absolute Gasteiger partial charge is 0.297 e. The van der Waals surface area contributed by atoms with Gasteiger partial charge in [-0.2, -0.15) is 8.42 Å². The highest BCUT2D eigenvalue weighted by molar-refractivity contribution is 7.86. The Balaban J connectivity index is 1.81. The first-order valence-corrected chi connectivity index (χ1v) is 9.11. The van der Waals surface area contributed by atoms with Gasteiger partial charge in [-0.3, -0.25) is 4.18 Å². The Kier molecular flexibility index (Phi) is 4.27. The summed E-state index contributed by atoms with van der Waals surface area (Å²) >= 11 is 0. The van der Waals surface area contributed by atoms with Gasteiger partial charge in [0.15, 0.2) is 5.79 Å². The normalized spacial score (nSPS) is 33.4. The summed E-state index contributed by atoms with van der Waals surface area (Å²) in [6.07, 6.45) is -1.70. The van der Waals surface area contributed by atoms with Crippen LogP contribution in [0.15, 0.2) is 29.2 Å². The van der Waals surface area contributed by atoms with Crippen molar-refractivity contribution < 1.29 is 27.2 Å². The van der Waals surface area contributed by atoms with Crippen LogP contribution < -0.4 is 0 Å². The van der Waals surface area contributed by atoms with E-state index in [9.17, 15) is 13.5 Å². The standard InChI is InChI=1S/C16H22O6S/c1-10-4-6-12(7-5-10)23(18,19)22-14-9-11(17)8-13-15(14)21-16(2,3)20-13/h4-7,11,13-15,17H,8-9H2,1-3H3/t11?,13-,14-,15-/m1/s1. The zero-order valence-electron chi connectivity index (χ0n) is 13.4. The fraction of sp³-hybridized carbons (Fsp3) is 0.625. The van der Waals surface area contributed by atoms with E-state index in [-0.39, 0.29) is 17.4 Å². The first-order valence-electron chi connectivity index (χ1n) is 7.70. The van der Waals surface area contributed by atoms with Gasteiger partial charge in [-0.15, -0.1) is 0 Å². The van der Waals surface area contributed by atoms with Gasteiger partial charge in [0.25, 0.3) is 10.1 Å². The summed E-state index contributed by atoms with van der Waals surface area (Å²) in [6.45, 7) is 5.41. The van der Waals surface area contributed by atoms with E-state index in [1.807, 2.05) is 6.92 Å². The third kappa shape index (κ3) is 3.59. The van der Waals surface area contributed by atoms with Crippen LogP contribution in [0.1, 0.15) is 32.3 Å². The van der Waals surface area contributed by atoms with E-state index in [0.29, 0.717) is 6.42 Å². The quantitative estimate of drug-likeness (QED) is 0.843. The molecule has 1 unspecified atom stereocenters. The molecule has 0 spiro atoms. The average Bonchev–Trinajstić information content (AvgIpc) is 2.73. The predicted molar refractivity (Wildman–Crippen MR) is 82.3 cm³/mol. The van der Waals surface area contributed by atoms with Crippen molar-refractivity contribution in [3.05, 3.63) is 29.8 Å². The largest absolute Gasteiger partial charge is 0.393 e. The Bertz CT molecular complexity index is 666. The van der Waals surface area contributed by atoms with E-state index in [2.05, 4.69) is 0 Å². The fourth-order valence-corrected chi connectivity index (χ4v) is 4.24. The fourth-order valence-electron chi connectivity index (χ4n) is 3.14. The molecule has 6 nitrogen and oxygen atoms in total. The van der Waals surface area contributed by atoms with Crippen molar-refractivity contribution in [3.63, 3.8) is 0 Å². The minimum absolute atomic E-state index is 0.0953. The molecule has 0 aromatic heterocycles. The molecular weight excluding hydrogens is 320 g/mol. The average molecular weight is 342 g/mol. The lowest BCUT2D eigenvalue weighted by Gasteiger charge is -2.33. The van der Waals surface area contributed by atoms with E-state index in [1.54, 1.807) is 26.0 Å². The number of benzene rings is 1. The topological polar surface area (TPSA) is 82.1 Å². The molecule has 1 aromatic carbocycles. The Hall–Kier alpha value is -0.990. The highest BCUT2D eigenvalue weighted by atomic mass is 32.2. The molecule has 2 fully saturated rings. The molecule has 1 aliphatic carbocycles. The van der Waals surface area contributed by atoms with Crippen LogP contribution in [0, 0.1) is 6.92 Å². The number of aliphatic hydroxyl groups is 1. The maximum absolute atomic E-state index is 12.5. The van der Waals surface area contributed by atoms with Crippen LogP contribution in [-0.4, -0.2) is 43.7 Å². The van der Waals surface area contributed by atoms with Crippen LogP contribution >= 0.6 is 0 Å². The van der Waals surface area contributed by atoms with Crippen LogP contribution in [0.5, 0.6) is 0 Å². The third-order valence-electron chi connectivity index (χ3n) is 4.16. The zero-order valence-corrected chi connectivity index (χ0v) is 14.2. The SMILES string of the molecule is Cc1ccc(S(=O)(=O)O[C@@H]2CC(O)C[C@H]3OC(C)(C)O[C@H]32)cc1. The van der Waals surface area contributed by atoms with E-state index in [0.717, 1.165) is 5.56 Å². The molecule has 7 heteroatoms. The molecule has 0 radical (unpaired) electrons. The van der Waals surface area contributed by atoms with Gasteiger partial charge in [0.1, 0.15) is 12.2 Å². The minimum atomic E-state index is -3.92. The summed E-state index contributed by atoms with van der Waals surface area (Å²) in [5.41, 5.74) is 0.964. The monoisotopic (exact) mass is 342 g/mol. The number of rotatable bonds is 3. The van der Waals surface area contributed by atoms with Crippen LogP contribution in [0.2, 0.25) is 0 Å². The molecule has 1 saturated carbocycles. The van der Waals surface area contributed by atoms with Gasteiger partial charge in [-0.25, -0.2) is 0 Å². The molecular formula is C16H22O6S. The van der Waals surface area contributed by atoms with Gasteiger partial charge < -0.3 is 14.6 Å². The maximum Gasteiger partial charge on any atom is 0.297 e. The second kappa shape index (κ2) is 5.82. The predicted octanol–water partition coefficient (Wildman–Crippen LogP) is 1.74. The summed E-state index contributed by atoms with van der Waals surface area (Å²) in [7, 11) is -3.92. The lowest BCUT2D eigenvalue weighted by molar-refractivity contribution is -0.151. The number of aliphatic hydroxyl groups excluding tert-OH is 1. The summed E-state index contributed by atoms with van der Waals surface area (Å²) in [5, 5.41) is 9.99. The van der Waals surface area contributed by atoms with Gasteiger partial charge in [0.2, 0.25) is 0 Å². The molecule has 2 aliphatic rings. The van der Waals surface area contributed by atoms with Gasteiger partial charge in [0.05, 0.1) is 17.1 Å². The van der Waals surface area contributed by atoms with Crippen molar-refractivity contribution in [2.45, 2.75) is 68.7 Å². The molecule has 0 bridgehead atoms. The number of ether oxygens (including phenoxy) is 2. The molecule has 1 saturated heterocycles. The maximum atomic E-state index is 12.5. The Morgan fingerprint density at radius 2 is 1.83 bits per heavy atom.